The van der Waals surface area contributed by atoms with Crippen LogP contribution in [0.4, 0.5) is 0 Å². The highest BCUT2D eigenvalue weighted by Crippen LogP contribution is 2.30. The molecular formula is C9H14ClNOS. The summed E-state index contributed by atoms with van der Waals surface area (Å²) in [5.74, 6) is 0.134. The molecule has 0 aliphatic rings. The van der Waals surface area contributed by atoms with Crippen molar-refractivity contribution in [1.82, 2.24) is 0 Å². The van der Waals surface area contributed by atoms with Crippen LogP contribution in [0.15, 0.2) is 11.4 Å². The normalized spacial score (nSPS) is 15.7. The molecule has 1 heterocycles. The van der Waals surface area contributed by atoms with Crippen LogP contribution < -0.4 is 5.73 Å². The molecule has 1 aromatic heterocycles. The van der Waals surface area contributed by atoms with Gasteiger partial charge in [0.15, 0.2) is 0 Å². The van der Waals surface area contributed by atoms with Crippen molar-refractivity contribution < 1.29 is 5.11 Å². The largest absolute Gasteiger partial charge is 0.387 e. The average Bonchev–Trinajstić information content (AvgIpc) is 2.54. The lowest BCUT2D eigenvalue weighted by Gasteiger charge is -2.18. The van der Waals surface area contributed by atoms with E-state index in [1.807, 2.05) is 12.3 Å². The quantitative estimate of drug-likeness (QED) is 0.817. The lowest BCUT2D eigenvalue weighted by molar-refractivity contribution is 0.113. The summed E-state index contributed by atoms with van der Waals surface area (Å²) in [4.78, 5) is 0.905. The third-order valence-corrected chi connectivity index (χ3v) is 3.50. The molecule has 0 aromatic carbocycles. The Balaban J connectivity index is 2.71. The van der Waals surface area contributed by atoms with Gasteiger partial charge >= 0.3 is 0 Å². The summed E-state index contributed by atoms with van der Waals surface area (Å²) in [6.07, 6.45) is 0.417. The van der Waals surface area contributed by atoms with E-state index >= 15 is 0 Å². The second kappa shape index (κ2) is 4.96. The van der Waals surface area contributed by atoms with Crippen LogP contribution in [0.1, 0.15) is 24.3 Å². The Bertz CT molecular complexity index is 260. The standard InChI is InChI=1S/C9H14ClNOS/c1-2-6(4-11)9(12)8-3-7(10)5-13-8/h3,5-6,9,12H,2,4,11H2,1H3. The minimum Gasteiger partial charge on any atom is -0.387 e. The first-order chi connectivity index (χ1) is 6.19. The van der Waals surface area contributed by atoms with Crippen LogP contribution in [0.25, 0.3) is 0 Å². The second-order valence-electron chi connectivity index (χ2n) is 3.02. The molecule has 2 unspecified atom stereocenters. The summed E-state index contributed by atoms with van der Waals surface area (Å²) in [7, 11) is 0. The predicted octanol–water partition coefficient (Wildman–Crippen LogP) is 2.42. The van der Waals surface area contributed by atoms with Crippen molar-refractivity contribution >= 4 is 22.9 Å². The second-order valence-corrected chi connectivity index (χ2v) is 4.40. The molecule has 4 heteroatoms. The molecule has 2 nitrogen and oxygen atoms in total. The van der Waals surface area contributed by atoms with Crippen LogP contribution in [0.5, 0.6) is 0 Å². The van der Waals surface area contributed by atoms with Gasteiger partial charge in [-0.2, -0.15) is 0 Å². The molecule has 0 saturated heterocycles. The van der Waals surface area contributed by atoms with E-state index in [0.29, 0.717) is 11.6 Å². The minimum absolute atomic E-state index is 0.134. The van der Waals surface area contributed by atoms with Gasteiger partial charge in [-0.25, -0.2) is 0 Å². The van der Waals surface area contributed by atoms with Gasteiger partial charge in [0.05, 0.1) is 11.1 Å². The SMILES string of the molecule is CCC(CN)C(O)c1cc(Cl)cs1. The number of aliphatic hydroxyl groups is 1. The van der Waals surface area contributed by atoms with Gasteiger partial charge in [0.2, 0.25) is 0 Å². The van der Waals surface area contributed by atoms with Crippen LogP contribution in [-0.4, -0.2) is 11.7 Å². The first-order valence-electron chi connectivity index (χ1n) is 4.31. The molecule has 0 amide bonds. The number of rotatable bonds is 4. The van der Waals surface area contributed by atoms with Crippen LogP contribution in [-0.2, 0) is 0 Å². The van der Waals surface area contributed by atoms with E-state index in [1.54, 1.807) is 6.07 Å². The summed E-state index contributed by atoms with van der Waals surface area (Å²) in [6.45, 7) is 2.53. The van der Waals surface area contributed by atoms with E-state index < -0.39 is 6.10 Å². The third-order valence-electron chi connectivity index (χ3n) is 2.15. The summed E-state index contributed by atoms with van der Waals surface area (Å²) in [6, 6.07) is 1.80. The number of nitrogens with two attached hydrogens (primary N) is 1. The van der Waals surface area contributed by atoms with E-state index in [4.69, 9.17) is 17.3 Å². The van der Waals surface area contributed by atoms with Gasteiger partial charge in [0.1, 0.15) is 0 Å². The van der Waals surface area contributed by atoms with Gasteiger partial charge in [-0.15, -0.1) is 11.3 Å². The van der Waals surface area contributed by atoms with Crippen LogP contribution in [0.2, 0.25) is 5.02 Å². The zero-order chi connectivity index (χ0) is 9.84. The third kappa shape index (κ3) is 2.68. The molecule has 2 atom stereocenters. The Morgan fingerprint density at radius 3 is 2.77 bits per heavy atom. The van der Waals surface area contributed by atoms with E-state index in [9.17, 15) is 5.11 Å². The Labute approximate surface area is 87.3 Å². The zero-order valence-electron chi connectivity index (χ0n) is 7.53. The van der Waals surface area contributed by atoms with Gasteiger partial charge < -0.3 is 10.8 Å². The van der Waals surface area contributed by atoms with Gasteiger partial charge in [-0.1, -0.05) is 18.5 Å². The highest BCUT2D eigenvalue weighted by Gasteiger charge is 2.19. The maximum Gasteiger partial charge on any atom is 0.0922 e. The van der Waals surface area contributed by atoms with Crippen molar-refractivity contribution in [2.75, 3.05) is 6.54 Å². The smallest absolute Gasteiger partial charge is 0.0922 e. The molecule has 1 rings (SSSR count). The minimum atomic E-state index is -0.465. The molecular weight excluding hydrogens is 206 g/mol. The number of thiophene rings is 1. The molecule has 0 bridgehead atoms. The van der Waals surface area contributed by atoms with Crippen LogP contribution in [0, 0.1) is 5.92 Å². The van der Waals surface area contributed by atoms with Crippen molar-refractivity contribution in [3.63, 3.8) is 0 Å². The average molecular weight is 220 g/mol. The fourth-order valence-electron chi connectivity index (χ4n) is 1.23. The molecule has 3 N–H and O–H groups in total. The number of hydrogen-bond donors (Lipinski definition) is 2. The number of halogens is 1. The fraction of sp³-hybridized carbons (Fsp3) is 0.556. The van der Waals surface area contributed by atoms with Crippen molar-refractivity contribution in [2.45, 2.75) is 19.4 Å². The molecule has 0 saturated carbocycles. The number of aliphatic hydroxyl groups excluding tert-OH is 1. The van der Waals surface area contributed by atoms with E-state index in [0.717, 1.165) is 11.3 Å². The first kappa shape index (κ1) is 11.0. The molecule has 0 spiro atoms. The lowest BCUT2D eigenvalue weighted by Crippen LogP contribution is -2.20. The summed E-state index contributed by atoms with van der Waals surface area (Å²) >= 11 is 7.24. The Morgan fingerprint density at radius 1 is 1.69 bits per heavy atom. The maximum absolute atomic E-state index is 9.87. The molecule has 74 valence electrons. The van der Waals surface area contributed by atoms with Crippen LogP contribution in [0.3, 0.4) is 0 Å². The molecule has 0 fully saturated rings. The summed E-state index contributed by atoms with van der Waals surface area (Å²) in [5.41, 5.74) is 5.54. The van der Waals surface area contributed by atoms with Crippen molar-refractivity contribution in [3.05, 3.63) is 21.3 Å². The van der Waals surface area contributed by atoms with Gasteiger partial charge in [-0.05, 0) is 19.0 Å². The monoisotopic (exact) mass is 219 g/mol. The number of hydrogen-bond acceptors (Lipinski definition) is 3. The Morgan fingerprint density at radius 2 is 2.38 bits per heavy atom. The topological polar surface area (TPSA) is 46.2 Å². The van der Waals surface area contributed by atoms with Gasteiger partial charge in [0, 0.05) is 16.2 Å². The van der Waals surface area contributed by atoms with Crippen molar-refractivity contribution in [2.24, 2.45) is 11.7 Å². The lowest BCUT2D eigenvalue weighted by atomic mass is 9.99. The first-order valence-corrected chi connectivity index (χ1v) is 5.56. The van der Waals surface area contributed by atoms with Gasteiger partial charge in [0.25, 0.3) is 0 Å². The van der Waals surface area contributed by atoms with Crippen molar-refractivity contribution in [3.8, 4) is 0 Å². The highest BCUT2D eigenvalue weighted by molar-refractivity contribution is 7.10. The predicted molar refractivity (Wildman–Crippen MR) is 57.1 cm³/mol. The zero-order valence-corrected chi connectivity index (χ0v) is 9.11. The molecule has 0 radical (unpaired) electrons. The highest BCUT2D eigenvalue weighted by atomic mass is 35.5. The van der Waals surface area contributed by atoms with E-state index in [2.05, 4.69) is 0 Å². The fourth-order valence-corrected chi connectivity index (χ4v) is 2.39. The molecule has 0 aliphatic carbocycles. The molecule has 1 aromatic rings. The van der Waals surface area contributed by atoms with Crippen LogP contribution >= 0.6 is 22.9 Å². The van der Waals surface area contributed by atoms with Gasteiger partial charge in [-0.3, -0.25) is 0 Å². The summed E-state index contributed by atoms with van der Waals surface area (Å²) in [5, 5.41) is 12.4. The summed E-state index contributed by atoms with van der Waals surface area (Å²) < 4.78 is 0. The Hall–Kier alpha value is -0.0900. The molecule has 0 aliphatic heterocycles. The van der Waals surface area contributed by atoms with E-state index in [1.165, 1.54) is 11.3 Å². The maximum atomic E-state index is 9.87. The molecule has 13 heavy (non-hydrogen) atoms. The Kier molecular flexibility index (Phi) is 4.19. The van der Waals surface area contributed by atoms with Crippen molar-refractivity contribution in [1.29, 1.82) is 0 Å². The van der Waals surface area contributed by atoms with E-state index in [-0.39, 0.29) is 5.92 Å².